The van der Waals surface area contributed by atoms with E-state index in [0.717, 1.165) is 12.1 Å². The summed E-state index contributed by atoms with van der Waals surface area (Å²) in [4.78, 5) is 35.0. The van der Waals surface area contributed by atoms with Crippen molar-refractivity contribution in [1.82, 2.24) is 0 Å². The molecular formula is C21H19NO12. The van der Waals surface area contributed by atoms with Crippen LogP contribution in [-0.4, -0.2) is 75.4 Å². The standard InChI is InChI=1S/C21H19NO12/c1-31-17-11(23)6-10-13(15(17)25)18-19(34-21(10)28)16(26)14(24)12(33-18)7-32-20(27)8-3-2-4-9(5-8)22(29)30/h2-6,12,14,16,18-19,23-26H,7H2,1H3. The first-order valence-electron chi connectivity index (χ1n) is 9.91. The van der Waals surface area contributed by atoms with E-state index >= 15 is 0 Å². The Morgan fingerprint density at radius 3 is 2.62 bits per heavy atom. The van der Waals surface area contributed by atoms with Crippen molar-refractivity contribution in [3.05, 3.63) is 57.1 Å². The fraction of sp³-hybridized carbons (Fsp3) is 0.333. The van der Waals surface area contributed by atoms with Crippen molar-refractivity contribution in [2.75, 3.05) is 13.7 Å². The number of phenols is 2. The number of esters is 2. The van der Waals surface area contributed by atoms with Crippen molar-refractivity contribution in [2.24, 2.45) is 0 Å². The zero-order valence-electron chi connectivity index (χ0n) is 17.5. The third-order valence-corrected chi connectivity index (χ3v) is 5.58. The van der Waals surface area contributed by atoms with Crippen LogP contribution in [0.2, 0.25) is 0 Å². The summed E-state index contributed by atoms with van der Waals surface area (Å²) in [6.45, 7) is -0.581. The highest BCUT2D eigenvalue weighted by atomic mass is 16.6. The van der Waals surface area contributed by atoms with Crippen LogP contribution in [0.4, 0.5) is 5.69 Å². The predicted molar refractivity (Wildman–Crippen MR) is 109 cm³/mol. The predicted octanol–water partition coefficient (Wildman–Crippen LogP) is 0.572. The van der Waals surface area contributed by atoms with Crippen LogP contribution in [-0.2, 0) is 14.2 Å². The number of hydrogen-bond donors (Lipinski definition) is 4. The van der Waals surface area contributed by atoms with E-state index < -0.39 is 65.5 Å². The normalized spacial score (nSPS) is 25.5. The highest BCUT2D eigenvalue weighted by Gasteiger charge is 2.52. The zero-order valence-corrected chi connectivity index (χ0v) is 17.5. The highest BCUT2D eigenvalue weighted by molar-refractivity contribution is 5.95. The molecule has 4 rings (SSSR count). The largest absolute Gasteiger partial charge is 0.504 e. The number of ether oxygens (including phenoxy) is 4. The molecule has 5 atom stereocenters. The summed E-state index contributed by atoms with van der Waals surface area (Å²) < 4.78 is 21.0. The van der Waals surface area contributed by atoms with Crippen LogP contribution >= 0.6 is 0 Å². The minimum Gasteiger partial charge on any atom is -0.504 e. The van der Waals surface area contributed by atoms with Crippen molar-refractivity contribution in [3.63, 3.8) is 0 Å². The summed E-state index contributed by atoms with van der Waals surface area (Å²) in [6, 6.07) is 5.81. The molecule has 2 aromatic carbocycles. The third-order valence-electron chi connectivity index (χ3n) is 5.58. The summed E-state index contributed by atoms with van der Waals surface area (Å²) in [5.74, 6) is -3.42. The summed E-state index contributed by atoms with van der Waals surface area (Å²) in [5, 5.41) is 52.5. The molecule has 2 aromatic rings. The summed E-state index contributed by atoms with van der Waals surface area (Å²) in [5.41, 5.74) is -0.826. The molecule has 0 amide bonds. The van der Waals surface area contributed by atoms with Gasteiger partial charge >= 0.3 is 11.9 Å². The molecule has 13 heteroatoms. The Morgan fingerprint density at radius 1 is 1.21 bits per heavy atom. The minimum absolute atomic E-state index is 0.118. The number of nitro groups is 1. The van der Waals surface area contributed by atoms with Gasteiger partial charge in [-0.25, -0.2) is 9.59 Å². The smallest absolute Gasteiger partial charge is 0.339 e. The molecule has 34 heavy (non-hydrogen) atoms. The molecule has 13 nitrogen and oxygen atoms in total. The average molecular weight is 477 g/mol. The van der Waals surface area contributed by atoms with Crippen molar-refractivity contribution < 1.29 is 53.9 Å². The zero-order chi connectivity index (χ0) is 24.7. The molecular weight excluding hydrogens is 458 g/mol. The summed E-state index contributed by atoms with van der Waals surface area (Å²) in [7, 11) is 1.18. The van der Waals surface area contributed by atoms with Crippen LogP contribution in [0.5, 0.6) is 17.2 Å². The van der Waals surface area contributed by atoms with Gasteiger partial charge in [0.15, 0.2) is 17.6 Å². The SMILES string of the molecule is COc1c(O)cc2c(c1O)C1OC(COC(=O)c3cccc([N+](=O)[O-])c3)C(O)C(O)C1OC2=O. The second-order valence-electron chi connectivity index (χ2n) is 7.59. The lowest BCUT2D eigenvalue weighted by Gasteiger charge is -2.44. The number of aromatic hydroxyl groups is 2. The number of nitrogens with zero attached hydrogens (tertiary/aromatic N) is 1. The number of aliphatic hydroxyl groups excluding tert-OH is 2. The molecule has 1 saturated heterocycles. The fourth-order valence-corrected chi connectivity index (χ4v) is 3.93. The number of carbonyl (C=O) groups excluding carboxylic acids is 2. The van der Waals surface area contributed by atoms with E-state index in [1.807, 2.05) is 0 Å². The molecule has 5 unspecified atom stereocenters. The molecule has 4 N–H and O–H groups in total. The average Bonchev–Trinajstić information content (AvgIpc) is 2.81. The number of non-ortho nitro benzene ring substituents is 1. The van der Waals surface area contributed by atoms with Gasteiger partial charge in [-0.1, -0.05) is 6.07 Å². The molecule has 0 aliphatic carbocycles. The second kappa shape index (κ2) is 8.78. The Labute approximate surface area is 190 Å². The van der Waals surface area contributed by atoms with Gasteiger partial charge in [0.05, 0.1) is 23.2 Å². The molecule has 2 aliphatic heterocycles. The van der Waals surface area contributed by atoms with Gasteiger partial charge in [0.25, 0.3) is 5.69 Å². The van der Waals surface area contributed by atoms with Crippen LogP contribution in [0.25, 0.3) is 0 Å². The van der Waals surface area contributed by atoms with Gasteiger partial charge in [-0.05, 0) is 12.1 Å². The lowest BCUT2D eigenvalue weighted by Crippen LogP contribution is -2.58. The van der Waals surface area contributed by atoms with Crippen LogP contribution in [0.1, 0.15) is 32.4 Å². The molecule has 180 valence electrons. The maximum Gasteiger partial charge on any atom is 0.339 e. The Balaban J connectivity index is 1.59. The van der Waals surface area contributed by atoms with Gasteiger partial charge in [0, 0.05) is 17.7 Å². The van der Waals surface area contributed by atoms with Crippen molar-refractivity contribution in [1.29, 1.82) is 0 Å². The van der Waals surface area contributed by atoms with Crippen molar-refractivity contribution in [2.45, 2.75) is 30.5 Å². The molecule has 0 saturated carbocycles. The quantitative estimate of drug-likeness (QED) is 0.266. The maximum atomic E-state index is 12.4. The number of aliphatic hydroxyl groups is 2. The lowest BCUT2D eigenvalue weighted by molar-refractivity contribution is -0.384. The van der Waals surface area contributed by atoms with E-state index in [-0.39, 0.29) is 28.1 Å². The van der Waals surface area contributed by atoms with E-state index in [1.165, 1.54) is 25.3 Å². The molecule has 0 aromatic heterocycles. The van der Waals surface area contributed by atoms with Gasteiger partial charge in [-0.2, -0.15) is 0 Å². The molecule has 0 bridgehead atoms. The number of fused-ring (bicyclic) bond motifs is 3. The number of nitro benzene ring substituents is 1. The Bertz CT molecular complexity index is 1160. The lowest BCUT2D eigenvalue weighted by atomic mass is 9.86. The molecule has 1 fully saturated rings. The minimum atomic E-state index is -1.68. The maximum absolute atomic E-state index is 12.4. The summed E-state index contributed by atoms with van der Waals surface area (Å²) >= 11 is 0. The van der Waals surface area contributed by atoms with Crippen LogP contribution in [0, 0.1) is 10.1 Å². The summed E-state index contributed by atoms with van der Waals surface area (Å²) in [6.07, 6.45) is -7.39. The topological polar surface area (TPSA) is 195 Å². The monoisotopic (exact) mass is 477 g/mol. The van der Waals surface area contributed by atoms with Crippen LogP contribution in [0.3, 0.4) is 0 Å². The van der Waals surface area contributed by atoms with Crippen LogP contribution < -0.4 is 4.74 Å². The Hall–Kier alpha value is -3.94. The Morgan fingerprint density at radius 2 is 1.94 bits per heavy atom. The third kappa shape index (κ3) is 3.85. The first kappa shape index (κ1) is 23.2. The number of carbonyl (C=O) groups is 2. The van der Waals surface area contributed by atoms with E-state index in [1.54, 1.807) is 0 Å². The van der Waals surface area contributed by atoms with Gasteiger partial charge in [0.1, 0.15) is 31.0 Å². The number of methoxy groups -OCH3 is 1. The van der Waals surface area contributed by atoms with Gasteiger partial charge in [0.2, 0.25) is 5.75 Å². The second-order valence-corrected chi connectivity index (χ2v) is 7.59. The molecule has 0 spiro atoms. The number of phenolic OH excluding ortho intramolecular Hbond substituents is 2. The van der Waals surface area contributed by atoms with Crippen LogP contribution in [0.15, 0.2) is 30.3 Å². The molecule has 2 aliphatic rings. The van der Waals surface area contributed by atoms with E-state index in [0.29, 0.717) is 0 Å². The first-order valence-corrected chi connectivity index (χ1v) is 9.91. The highest BCUT2D eigenvalue weighted by Crippen LogP contribution is 2.49. The van der Waals surface area contributed by atoms with E-state index in [9.17, 15) is 40.1 Å². The number of benzene rings is 2. The molecule has 2 heterocycles. The van der Waals surface area contributed by atoms with Crippen molar-refractivity contribution >= 4 is 17.6 Å². The molecule has 0 radical (unpaired) electrons. The van der Waals surface area contributed by atoms with Crippen molar-refractivity contribution in [3.8, 4) is 17.2 Å². The fourth-order valence-electron chi connectivity index (χ4n) is 3.93. The van der Waals surface area contributed by atoms with E-state index in [4.69, 9.17) is 18.9 Å². The first-order chi connectivity index (χ1) is 16.1. The van der Waals surface area contributed by atoms with Gasteiger partial charge in [-0.15, -0.1) is 0 Å². The number of rotatable bonds is 5. The van der Waals surface area contributed by atoms with Gasteiger partial charge < -0.3 is 39.4 Å². The van der Waals surface area contributed by atoms with Gasteiger partial charge in [-0.3, -0.25) is 10.1 Å². The Kier molecular flexibility index (Phi) is 6.00. The van der Waals surface area contributed by atoms with E-state index in [2.05, 4.69) is 0 Å². The number of hydrogen-bond acceptors (Lipinski definition) is 12.